The van der Waals surface area contributed by atoms with Crippen LogP contribution in [0.5, 0.6) is 0 Å². The van der Waals surface area contributed by atoms with E-state index in [0.717, 1.165) is 19.7 Å². The minimum absolute atomic E-state index is 0. The van der Waals surface area contributed by atoms with Gasteiger partial charge in [0.2, 0.25) is 0 Å². The van der Waals surface area contributed by atoms with Crippen molar-refractivity contribution in [1.29, 1.82) is 0 Å². The van der Waals surface area contributed by atoms with E-state index in [0.29, 0.717) is 0 Å². The van der Waals surface area contributed by atoms with Crippen LogP contribution in [0.15, 0.2) is 30.3 Å². The predicted octanol–water partition coefficient (Wildman–Crippen LogP) is 3.28. The molecular formula is C14H22ClNO. The smallest absolute Gasteiger partial charge is 0.0952 e. The maximum Gasteiger partial charge on any atom is 0.0952 e. The lowest BCUT2D eigenvalue weighted by atomic mass is 10.0. The van der Waals surface area contributed by atoms with Gasteiger partial charge in [0.25, 0.3) is 0 Å². The third-order valence-electron chi connectivity index (χ3n) is 3.19. The molecular weight excluding hydrogens is 234 g/mol. The lowest BCUT2D eigenvalue weighted by Gasteiger charge is -2.41. The number of rotatable bonds is 1. The summed E-state index contributed by atoms with van der Waals surface area (Å²) in [5.74, 6) is 0. The fourth-order valence-corrected chi connectivity index (χ4v) is 2.13. The second-order valence-corrected chi connectivity index (χ2v) is 5.39. The molecule has 0 aromatic heterocycles. The van der Waals surface area contributed by atoms with E-state index in [4.69, 9.17) is 4.74 Å². The lowest BCUT2D eigenvalue weighted by molar-refractivity contribution is -0.0596. The minimum atomic E-state index is 0. The fraction of sp³-hybridized carbons (Fsp3) is 0.571. The Morgan fingerprint density at radius 2 is 1.82 bits per heavy atom. The summed E-state index contributed by atoms with van der Waals surface area (Å²) >= 11 is 0. The summed E-state index contributed by atoms with van der Waals surface area (Å²) < 4.78 is 5.85. The van der Waals surface area contributed by atoms with Crippen molar-refractivity contribution in [3.05, 3.63) is 35.9 Å². The molecule has 0 spiro atoms. The van der Waals surface area contributed by atoms with Crippen LogP contribution in [-0.4, -0.2) is 30.1 Å². The Morgan fingerprint density at radius 1 is 1.18 bits per heavy atom. The van der Waals surface area contributed by atoms with Gasteiger partial charge in [-0.1, -0.05) is 30.3 Å². The molecule has 1 aromatic carbocycles. The lowest BCUT2D eigenvalue weighted by Crippen LogP contribution is -2.48. The number of morpholine rings is 1. The van der Waals surface area contributed by atoms with E-state index in [9.17, 15) is 0 Å². The number of hydrogen-bond donors (Lipinski definition) is 0. The Kier molecular flexibility index (Phi) is 4.99. The Morgan fingerprint density at radius 3 is 2.41 bits per heavy atom. The fourth-order valence-electron chi connectivity index (χ4n) is 2.13. The molecule has 1 saturated heterocycles. The van der Waals surface area contributed by atoms with Crippen molar-refractivity contribution in [3.63, 3.8) is 0 Å². The molecule has 0 aliphatic carbocycles. The second-order valence-electron chi connectivity index (χ2n) is 5.39. The molecule has 1 atom stereocenters. The number of ether oxygens (including phenoxy) is 1. The molecule has 0 saturated carbocycles. The number of halogens is 1. The predicted molar refractivity (Wildman–Crippen MR) is 73.7 cm³/mol. The summed E-state index contributed by atoms with van der Waals surface area (Å²) in [6, 6.07) is 10.5. The summed E-state index contributed by atoms with van der Waals surface area (Å²) in [6.07, 6.45) is 0.231. The van der Waals surface area contributed by atoms with Gasteiger partial charge >= 0.3 is 0 Å². The molecule has 0 radical (unpaired) electrons. The molecule has 0 bridgehead atoms. The summed E-state index contributed by atoms with van der Waals surface area (Å²) in [4.78, 5) is 2.49. The third kappa shape index (κ3) is 3.70. The van der Waals surface area contributed by atoms with E-state index in [1.54, 1.807) is 0 Å². The van der Waals surface area contributed by atoms with E-state index in [2.05, 4.69) is 49.9 Å². The van der Waals surface area contributed by atoms with E-state index in [1.165, 1.54) is 5.56 Å². The van der Waals surface area contributed by atoms with Gasteiger partial charge in [-0.2, -0.15) is 0 Å². The van der Waals surface area contributed by atoms with Crippen LogP contribution >= 0.6 is 12.4 Å². The zero-order chi connectivity index (χ0) is 11.6. The first-order valence-electron chi connectivity index (χ1n) is 5.99. The van der Waals surface area contributed by atoms with Crippen LogP contribution in [0.4, 0.5) is 0 Å². The van der Waals surface area contributed by atoms with Gasteiger partial charge in [0, 0.05) is 18.6 Å². The van der Waals surface area contributed by atoms with Crippen molar-refractivity contribution in [2.45, 2.75) is 32.4 Å². The van der Waals surface area contributed by atoms with Crippen LogP contribution in [-0.2, 0) is 4.74 Å². The van der Waals surface area contributed by atoms with Gasteiger partial charge in [-0.15, -0.1) is 12.4 Å². The van der Waals surface area contributed by atoms with Crippen LogP contribution in [0.2, 0.25) is 0 Å². The highest BCUT2D eigenvalue weighted by molar-refractivity contribution is 5.85. The van der Waals surface area contributed by atoms with Gasteiger partial charge in [-0.25, -0.2) is 0 Å². The average molecular weight is 256 g/mol. The van der Waals surface area contributed by atoms with E-state index >= 15 is 0 Å². The minimum Gasteiger partial charge on any atom is -0.371 e. The zero-order valence-electron chi connectivity index (χ0n) is 10.8. The molecule has 2 nitrogen and oxygen atoms in total. The Labute approximate surface area is 110 Å². The summed E-state index contributed by atoms with van der Waals surface area (Å²) in [6.45, 7) is 9.65. The van der Waals surface area contributed by atoms with E-state index in [1.807, 2.05) is 6.07 Å². The molecule has 1 heterocycles. The first kappa shape index (κ1) is 14.5. The Bertz CT molecular complexity index is 334. The molecule has 0 amide bonds. The molecule has 1 unspecified atom stereocenters. The van der Waals surface area contributed by atoms with Crippen molar-refractivity contribution < 1.29 is 4.74 Å². The molecule has 2 rings (SSSR count). The molecule has 17 heavy (non-hydrogen) atoms. The summed E-state index contributed by atoms with van der Waals surface area (Å²) in [7, 11) is 0. The maximum absolute atomic E-state index is 5.85. The summed E-state index contributed by atoms with van der Waals surface area (Å²) in [5.41, 5.74) is 1.52. The van der Waals surface area contributed by atoms with Crippen LogP contribution in [0, 0.1) is 0 Å². The molecule has 0 N–H and O–H groups in total. The van der Waals surface area contributed by atoms with Crippen molar-refractivity contribution in [1.82, 2.24) is 4.90 Å². The first-order chi connectivity index (χ1) is 7.57. The van der Waals surface area contributed by atoms with Crippen LogP contribution < -0.4 is 0 Å². The van der Waals surface area contributed by atoms with Gasteiger partial charge in [-0.05, 0) is 26.3 Å². The topological polar surface area (TPSA) is 12.5 Å². The highest BCUT2D eigenvalue weighted by Crippen LogP contribution is 2.26. The molecule has 1 aromatic rings. The van der Waals surface area contributed by atoms with Crippen molar-refractivity contribution in [2.24, 2.45) is 0 Å². The molecule has 1 fully saturated rings. The van der Waals surface area contributed by atoms with E-state index in [-0.39, 0.29) is 24.0 Å². The summed E-state index contributed by atoms with van der Waals surface area (Å²) in [5, 5.41) is 0. The largest absolute Gasteiger partial charge is 0.371 e. The van der Waals surface area contributed by atoms with Crippen molar-refractivity contribution >= 4 is 12.4 Å². The highest BCUT2D eigenvalue weighted by atomic mass is 35.5. The van der Waals surface area contributed by atoms with Gasteiger partial charge in [0.05, 0.1) is 12.7 Å². The standard InChI is InChI=1S/C14H21NO.ClH/c1-14(2,3)15-9-10-16-13(11-15)12-7-5-4-6-8-12;/h4-8,13H,9-11H2,1-3H3;1H. The Hall–Kier alpha value is -0.570. The normalized spacial score (nSPS) is 21.9. The van der Waals surface area contributed by atoms with Gasteiger partial charge in [0.1, 0.15) is 0 Å². The molecule has 1 aliphatic heterocycles. The quantitative estimate of drug-likeness (QED) is 0.764. The zero-order valence-corrected chi connectivity index (χ0v) is 11.7. The second kappa shape index (κ2) is 5.85. The maximum atomic E-state index is 5.85. The number of hydrogen-bond acceptors (Lipinski definition) is 2. The first-order valence-corrected chi connectivity index (χ1v) is 5.99. The van der Waals surface area contributed by atoms with Crippen LogP contribution in [0.1, 0.15) is 32.4 Å². The highest BCUT2D eigenvalue weighted by Gasteiger charge is 2.28. The molecule has 3 heteroatoms. The average Bonchev–Trinajstić information content (AvgIpc) is 2.29. The van der Waals surface area contributed by atoms with Gasteiger partial charge < -0.3 is 4.74 Å². The monoisotopic (exact) mass is 255 g/mol. The number of benzene rings is 1. The van der Waals surface area contributed by atoms with Crippen LogP contribution in [0.25, 0.3) is 0 Å². The van der Waals surface area contributed by atoms with Gasteiger partial charge in [0.15, 0.2) is 0 Å². The molecule has 1 aliphatic rings. The molecule has 96 valence electrons. The van der Waals surface area contributed by atoms with Gasteiger partial charge in [-0.3, -0.25) is 4.90 Å². The van der Waals surface area contributed by atoms with E-state index < -0.39 is 0 Å². The van der Waals surface area contributed by atoms with Crippen molar-refractivity contribution in [2.75, 3.05) is 19.7 Å². The number of nitrogens with zero attached hydrogens (tertiary/aromatic N) is 1. The SMILES string of the molecule is CC(C)(C)N1CCOC(c2ccccc2)C1.Cl. The van der Waals surface area contributed by atoms with Crippen LogP contribution in [0.3, 0.4) is 0 Å². The van der Waals surface area contributed by atoms with Crippen molar-refractivity contribution in [3.8, 4) is 0 Å². The third-order valence-corrected chi connectivity index (χ3v) is 3.19. The Balaban J connectivity index is 0.00000144.